The number of nitrogens with one attached hydrogen (secondary N) is 1. The molecule has 1 saturated heterocycles. The fourth-order valence-corrected chi connectivity index (χ4v) is 3.66. The average molecular weight is 443 g/mol. The summed E-state index contributed by atoms with van der Waals surface area (Å²) in [7, 11) is 5.94. The molecule has 170 valence electrons. The van der Waals surface area contributed by atoms with Gasteiger partial charge in [-0.15, -0.1) is 0 Å². The van der Waals surface area contributed by atoms with E-state index in [1.54, 1.807) is 12.3 Å². The number of likely N-dealkylation sites (N-methyl/N-ethyl adjacent to an activating group) is 1. The molecular weight excluding hydrogens is 412 g/mol. The van der Waals surface area contributed by atoms with Crippen LogP contribution in [0.25, 0.3) is 28.0 Å². The van der Waals surface area contributed by atoms with E-state index in [4.69, 9.17) is 0 Å². The summed E-state index contributed by atoms with van der Waals surface area (Å²) in [6, 6.07) is 10.3. The van der Waals surface area contributed by atoms with E-state index in [0.717, 1.165) is 54.6 Å². The highest BCUT2D eigenvalue weighted by Gasteiger charge is 2.16. The van der Waals surface area contributed by atoms with Crippen molar-refractivity contribution < 1.29 is 0 Å². The third-order valence-electron chi connectivity index (χ3n) is 5.68. The summed E-state index contributed by atoms with van der Waals surface area (Å²) >= 11 is 0. The first-order chi connectivity index (χ1) is 16.1. The number of piperazine rings is 1. The highest BCUT2D eigenvalue weighted by atomic mass is 15.3. The van der Waals surface area contributed by atoms with Gasteiger partial charge in [0.15, 0.2) is 0 Å². The van der Waals surface area contributed by atoms with Gasteiger partial charge in [-0.2, -0.15) is 5.10 Å². The Hall–Kier alpha value is -3.78. The molecule has 0 saturated carbocycles. The van der Waals surface area contributed by atoms with Crippen LogP contribution in [-0.2, 0) is 7.05 Å². The Labute approximate surface area is 194 Å². The van der Waals surface area contributed by atoms with Gasteiger partial charge in [0.1, 0.15) is 5.82 Å². The lowest BCUT2D eigenvalue weighted by Crippen LogP contribution is -2.45. The number of pyridine rings is 1. The molecule has 0 spiro atoms. The molecule has 1 fully saturated rings. The van der Waals surface area contributed by atoms with Crippen LogP contribution in [0.2, 0.25) is 0 Å². The van der Waals surface area contributed by atoms with Crippen molar-refractivity contribution in [2.75, 3.05) is 50.5 Å². The molecule has 4 heterocycles. The molecule has 1 N–H and O–H groups in total. The Balaban J connectivity index is 0.000000160. The molecule has 4 aromatic rings. The monoisotopic (exact) mass is 442 g/mol. The van der Waals surface area contributed by atoms with Gasteiger partial charge >= 0.3 is 0 Å². The summed E-state index contributed by atoms with van der Waals surface area (Å²) in [6.07, 6.45) is 9.32. The largest absolute Gasteiger partial charge is 0.373 e. The van der Waals surface area contributed by atoms with E-state index in [0.29, 0.717) is 0 Å². The van der Waals surface area contributed by atoms with Crippen LogP contribution in [0.15, 0.2) is 61.7 Å². The second-order valence-electron chi connectivity index (χ2n) is 8.06. The summed E-state index contributed by atoms with van der Waals surface area (Å²) < 4.78 is 1.81. The maximum absolute atomic E-state index is 4.42. The first kappa shape index (κ1) is 22.4. The molecule has 0 bridgehead atoms. The van der Waals surface area contributed by atoms with Crippen LogP contribution >= 0.6 is 0 Å². The third kappa shape index (κ3) is 5.53. The van der Waals surface area contributed by atoms with Crippen LogP contribution in [0.5, 0.6) is 0 Å². The van der Waals surface area contributed by atoms with E-state index in [-0.39, 0.29) is 0 Å². The van der Waals surface area contributed by atoms with Crippen molar-refractivity contribution in [3.63, 3.8) is 0 Å². The number of benzene rings is 1. The van der Waals surface area contributed by atoms with Gasteiger partial charge in [0.25, 0.3) is 0 Å². The minimum Gasteiger partial charge on any atom is -0.373 e. The first-order valence-electron chi connectivity index (χ1n) is 11.0. The van der Waals surface area contributed by atoms with Gasteiger partial charge < -0.3 is 15.1 Å². The molecule has 0 atom stereocenters. The molecule has 8 heteroatoms. The lowest BCUT2D eigenvalue weighted by molar-refractivity contribution is 0.311. The van der Waals surface area contributed by atoms with Crippen molar-refractivity contribution >= 4 is 28.6 Å². The van der Waals surface area contributed by atoms with Crippen molar-refractivity contribution in [3.05, 3.63) is 67.4 Å². The van der Waals surface area contributed by atoms with Crippen molar-refractivity contribution in [3.8, 4) is 11.1 Å². The van der Waals surface area contributed by atoms with Crippen LogP contribution in [0, 0.1) is 0 Å². The number of hydrogen-bond acceptors (Lipinski definition) is 7. The van der Waals surface area contributed by atoms with Crippen LogP contribution in [0.1, 0.15) is 5.69 Å². The number of anilines is 2. The van der Waals surface area contributed by atoms with Gasteiger partial charge in [-0.05, 0) is 42.3 Å². The predicted molar refractivity (Wildman–Crippen MR) is 135 cm³/mol. The normalized spacial score (nSPS) is 14.0. The zero-order valence-electron chi connectivity index (χ0n) is 19.4. The quantitative estimate of drug-likeness (QED) is 0.518. The summed E-state index contributed by atoms with van der Waals surface area (Å²) in [5.41, 5.74) is 3.19. The van der Waals surface area contributed by atoms with Gasteiger partial charge in [0, 0.05) is 69.8 Å². The summed E-state index contributed by atoms with van der Waals surface area (Å²) in [5, 5.41) is 9.57. The maximum atomic E-state index is 4.42. The Morgan fingerprint density at radius 1 is 0.939 bits per heavy atom. The van der Waals surface area contributed by atoms with Crippen LogP contribution in [0.3, 0.4) is 0 Å². The van der Waals surface area contributed by atoms with E-state index >= 15 is 0 Å². The summed E-state index contributed by atoms with van der Waals surface area (Å²) in [4.78, 5) is 17.5. The lowest BCUT2D eigenvalue weighted by Gasteiger charge is -2.32. The second kappa shape index (κ2) is 10.2. The molecule has 33 heavy (non-hydrogen) atoms. The molecule has 1 aromatic carbocycles. The Kier molecular flexibility index (Phi) is 6.95. The number of hydrogen-bond donors (Lipinski definition) is 1. The van der Waals surface area contributed by atoms with Crippen molar-refractivity contribution in [1.29, 1.82) is 0 Å². The Morgan fingerprint density at radius 3 is 2.45 bits per heavy atom. The van der Waals surface area contributed by atoms with Crippen LogP contribution < -0.4 is 10.2 Å². The van der Waals surface area contributed by atoms with Gasteiger partial charge in [-0.1, -0.05) is 18.7 Å². The Bertz CT molecular complexity index is 1220. The number of rotatable bonds is 4. The molecule has 1 aliphatic heterocycles. The summed E-state index contributed by atoms with van der Waals surface area (Å²) in [6.45, 7) is 7.85. The molecule has 1 aliphatic rings. The molecule has 8 nitrogen and oxygen atoms in total. The van der Waals surface area contributed by atoms with Crippen LogP contribution in [-0.4, -0.2) is 69.9 Å². The fraction of sp³-hybridized carbons (Fsp3) is 0.280. The highest BCUT2D eigenvalue weighted by molar-refractivity contribution is 5.88. The van der Waals surface area contributed by atoms with Gasteiger partial charge in [0.2, 0.25) is 5.95 Å². The molecule has 3 aromatic heterocycles. The highest BCUT2D eigenvalue weighted by Crippen LogP contribution is 2.24. The van der Waals surface area contributed by atoms with E-state index < -0.39 is 0 Å². The van der Waals surface area contributed by atoms with Crippen LogP contribution in [0.4, 0.5) is 11.8 Å². The molecular formula is C25H30N8. The molecule has 0 aliphatic carbocycles. The van der Waals surface area contributed by atoms with E-state index in [1.165, 1.54) is 10.9 Å². The smallest absolute Gasteiger partial charge is 0.225 e. The standard InChI is InChI=1S/C14H14N4.C11H16N4/c1-15-14-6-12-5-10(3-4-11(12)7-16-14)13-8-17-18(2)9-13;1-3-10-4-5-12-11(13-10)15-8-6-14(2)7-9-15/h3-9H,1-2H3,(H,15,16);3-5H,1,6-9H2,2H3. The second-order valence-corrected chi connectivity index (χ2v) is 8.06. The van der Waals surface area contributed by atoms with E-state index in [9.17, 15) is 0 Å². The average Bonchev–Trinajstić information content (AvgIpc) is 3.30. The van der Waals surface area contributed by atoms with E-state index in [1.807, 2.05) is 43.4 Å². The van der Waals surface area contributed by atoms with Crippen molar-refractivity contribution in [1.82, 2.24) is 29.6 Å². The van der Waals surface area contributed by atoms with Gasteiger partial charge in [0.05, 0.1) is 11.9 Å². The van der Waals surface area contributed by atoms with Gasteiger partial charge in [-0.25, -0.2) is 15.0 Å². The van der Waals surface area contributed by atoms with Crippen molar-refractivity contribution in [2.45, 2.75) is 0 Å². The predicted octanol–water partition coefficient (Wildman–Crippen LogP) is 3.55. The van der Waals surface area contributed by atoms with Crippen molar-refractivity contribution in [2.24, 2.45) is 7.05 Å². The molecule has 0 amide bonds. The molecule has 0 unspecified atom stereocenters. The maximum Gasteiger partial charge on any atom is 0.225 e. The molecule has 5 rings (SSSR count). The zero-order chi connectivity index (χ0) is 23.2. The fourth-order valence-electron chi connectivity index (χ4n) is 3.66. The number of aryl methyl sites for hydroxylation is 1. The number of fused-ring (bicyclic) bond motifs is 1. The number of nitrogens with zero attached hydrogens (tertiary/aromatic N) is 7. The third-order valence-corrected chi connectivity index (χ3v) is 5.68. The summed E-state index contributed by atoms with van der Waals surface area (Å²) in [5.74, 6) is 1.70. The minimum atomic E-state index is 0.820. The zero-order valence-corrected chi connectivity index (χ0v) is 19.4. The van der Waals surface area contributed by atoms with E-state index in [2.05, 4.69) is 73.1 Å². The number of aromatic nitrogens is 5. The lowest BCUT2D eigenvalue weighted by atomic mass is 10.1. The minimum absolute atomic E-state index is 0.820. The SMILES string of the molecule is C=Cc1ccnc(N2CCN(C)CC2)n1.CNc1cc2cc(-c3cnn(C)c3)ccc2cn1. The molecule has 0 radical (unpaired) electrons. The Morgan fingerprint density at radius 2 is 1.76 bits per heavy atom. The van der Waals surface area contributed by atoms with Gasteiger partial charge in [-0.3, -0.25) is 4.68 Å². The topological polar surface area (TPSA) is 75.0 Å². The first-order valence-corrected chi connectivity index (χ1v) is 11.0.